The van der Waals surface area contributed by atoms with Crippen molar-refractivity contribution < 1.29 is 4.42 Å². The van der Waals surface area contributed by atoms with Crippen LogP contribution in [0.25, 0.3) is 11.3 Å². The van der Waals surface area contributed by atoms with Crippen LogP contribution in [-0.4, -0.2) is 4.98 Å². The Balaban J connectivity index is 2.53. The fraction of sp³-hybridized carbons (Fsp3) is 0.250. The fourth-order valence-corrected chi connectivity index (χ4v) is 1.72. The molecule has 0 unspecified atom stereocenters. The highest BCUT2D eigenvalue weighted by atomic mass is 16.4. The van der Waals surface area contributed by atoms with Crippen molar-refractivity contribution in [3.8, 4) is 11.3 Å². The zero-order valence-electron chi connectivity index (χ0n) is 8.95. The largest absolute Gasteiger partial charge is 0.439 e. The molecule has 2 N–H and O–H groups in total. The number of nitrogens with two attached hydrogens (primary N) is 1. The second kappa shape index (κ2) is 3.87. The van der Waals surface area contributed by atoms with Gasteiger partial charge in [0, 0.05) is 5.56 Å². The molecule has 0 aliphatic heterocycles. The average Bonchev–Trinajstić information content (AvgIpc) is 2.66. The molecule has 2 rings (SSSR count). The van der Waals surface area contributed by atoms with Crippen LogP contribution in [0.3, 0.4) is 0 Å². The molecular formula is C12H14N2O. The Hall–Kier alpha value is -1.61. The molecule has 0 bridgehead atoms. The van der Waals surface area contributed by atoms with Gasteiger partial charge in [-0.2, -0.15) is 0 Å². The van der Waals surface area contributed by atoms with Crippen molar-refractivity contribution >= 4 is 0 Å². The molecule has 78 valence electrons. The standard InChI is InChI=1S/C12H14N2O/c1-8-4-3-5-9(2)12(8)10-7-14-11(6-13)15-10/h3-5,7H,6,13H2,1-2H3. The summed E-state index contributed by atoms with van der Waals surface area (Å²) in [6.45, 7) is 4.46. The highest BCUT2D eigenvalue weighted by Gasteiger charge is 2.10. The van der Waals surface area contributed by atoms with Gasteiger partial charge in [-0.05, 0) is 25.0 Å². The summed E-state index contributed by atoms with van der Waals surface area (Å²) in [7, 11) is 0. The van der Waals surface area contributed by atoms with E-state index < -0.39 is 0 Å². The maximum Gasteiger partial charge on any atom is 0.208 e. The molecule has 0 radical (unpaired) electrons. The smallest absolute Gasteiger partial charge is 0.208 e. The molecule has 0 fully saturated rings. The summed E-state index contributed by atoms with van der Waals surface area (Å²) >= 11 is 0. The lowest BCUT2D eigenvalue weighted by atomic mass is 10.0. The predicted molar refractivity (Wildman–Crippen MR) is 59.3 cm³/mol. The summed E-state index contributed by atoms with van der Waals surface area (Å²) in [5.41, 5.74) is 8.96. The van der Waals surface area contributed by atoms with E-state index >= 15 is 0 Å². The minimum Gasteiger partial charge on any atom is -0.439 e. The monoisotopic (exact) mass is 202 g/mol. The van der Waals surface area contributed by atoms with Crippen LogP contribution in [0.15, 0.2) is 28.8 Å². The van der Waals surface area contributed by atoms with Crippen LogP contribution in [0.4, 0.5) is 0 Å². The summed E-state index contributed by atoms with van der Waals surface area (Å²) in [5.74, 6) is 1.37. The number of hydrogen-bond donors (Lipinski definition) is 1. The molecule has 0 aliphatic carbocycles. The predicted octanol–water partition coefficient (Wildman–Crippen LogP) is 2.42. The Morgan fingerprint density at radius 3 is 2.47 bits per heavy atom. The number of aromatic nitrogens is 1. The number of oxazole rings is 1. The van der Waals surface area contributed by atoms with Gasteiger partial charge in [-0.3, -0.25) is 0 Å². The first-order valence-electron chi connectivity index (χ1n) is 4.93. The highest BCUT2D eigenvalue weighted by molar-refractivity contribution is 5.65. The van der Waals surface area contributed by atoms with E-state index in [1.54, 1.807) is 6.20 Å². The third-order valence-corrected chi connectivity index (χ3v) is 2.46. The molecule has 2 aromatic rings. The number of hydrogen-bond acceptors (Lipinski definition) is 3. The summed E-state index contributed by atoms with van der Waals surface area (Å²) in [6.07, 6.45) is 1.73. The van der Waals surface area contributed by atoms with E-state index in [1.807, 2.05) is 6.07 Å². The number of benzene rings is 1. The molecule has 0 spiro atoms. The van der Waals surface area contributed by atoms with Gasteiger partial charge in [0.15, 0.2) is 5.76 Å². The molecule has 15 heavy (non-hydrogen) atoms. The van der Waals surface area contributed by atoms with Crippen LogP contribution in [-0.2, 0) is 6.54 Å². The quantitative estimate of drug-likeness (QED) is 0.813. The topological polar surface area (TPSA) is 52.0 Å². The minimum absolute atomic E-state index is 0.338. The Bertz CT molecular complexity index is 454. The lowest BCUT2D eigenvalue weighted by Gasteiger charge is -2.05. The number of rotatable bonds is 2. The minimum atomic E-state index is 0.338. The lowest BCUT2D eigenvalue weighted by Crippen LogP contribution is -1.94. The highest BCUT2D eigenvalue weighted by Crippen LogP contribution is 2.27. The second-order valence-electron chi connectivity index (χ2n) is 3.59. The van der Waals surface area contributed by atoms with Gasteiger partial charge in [-0.25, -0.2) is 4.98 Å². The molecule has 0 saturated carbocycles. The summed E-state index contributed by atoms with van der Waals surface area (Å²) in [4.78, 5) is 4.10. The zero-order valence-corrected chi connectivity index (χ0v) is 8.95. The molecule has 1 heterocycles. The van der Waals surface area contributed by atoms with Crippen molar-refractivity contribution in [2.24, 2.45) is 5.73 Å². The van der Waals surface area contributed by atoms with E-state index in [0.717, 1.165) is 11.3 Å². The van der Waals surface area contributed by atoms with E-state index in [9.17, 15) is 0 Å². The van der Waals surface area contributed by atoms with Gasteiger partial charge in [-0.15, -0.1) is 0 Å². The Kier molecular flexibility index (Phi) is 2.56. The molecular weight excluding hydrogens is 188 g/mol. The van der Waals surface area contributed by atoms with E-state index in [4.69, 9.17) is 10.2 Å². The zero-order chi connectivity index (χ0) is 10.8. The Morgan fingerprint density at radius 1 is 1.27 bits per heavy atom. The van der Waals surface area contributed by atoms with Gasteiger partial charge in [0.05, 0.1) is 12.7 Å². The van der Waals surface area contributed by atoms with Gasteiger partial charge in [0.2, 0.25) is 5.89 Å². The SMILES string of the molecule is Cc1cccc(C)c1-c1cnc(CN)o1. The molecule has 0 aliphatic rings. The fourth-order valence-electron chi connectivity index (χ4n) is 1.72. The Morgan fingerprint density at radius 2 is 1.93 bits per heavy atom. The van der Waals surface area contributed by atoms with Gasteiger partial charge < -0.3 is 10.2 Å². The number of aryl methyl sites for hydroxylation is 2. The van der Waals surface area contributed by atoms with Gasteiger partial charge in [-0.1, -0.05) is 18.2 Å². The van der Waals surface area contributed by atoms with Crippen molar-refractivity contribution in [2.75, 3.05) is 0 Å². The first kappa shape index (κ1) is 9.93. The van der Waals surface area contributed by atoms with Crippen molar-refractivity contribution in [3.05, 3.63) is 41.4 Å². The third kappa shape index (κ3) is 1.78. The van der Waals surface area contributed by atoms with Crippen molar-refractivity contribution in [2.45, 2.75) is 20.4 Å². The molecule has 1 aromatic heterocycles. The van der Waals surface area contributed by atoms with Crippen LogP contribution in [0.1, 0.15) is 17.0 Å². The van der Waals surface area contributed by atoms with E-state index in [1.165, 1.54) is 11.1 Å². The maximum absolute atomic E-state index is 5.54. The third-order valence-electron chi connectivity index (χ3n) is 2.46. The van der Waals surface area contributed by atoms with E-state index in [2.05, 4.69) is 31.0 Å². The number of nitrogens with zero attached hydrogens (tertiary/aromatic N) is 1. The summed E-state index contributed by atoms with van der Waals surface area (Å²) in [6, 6.07) is 6.16. The normalized spacial score (nSPS) is 10.6. The molecule has 0 saturated heterocycles. The van der Waals surface area contributed by atoms with Crippen molar-refractivity contribution in [3.63, 3.8) is 0 Å². The van der Waals surface area contributed by atoms with Crippen molar-refractivity contribution in [1.29, 1.82) is 0 Å². The lowest BCUT2D eigenvalue weighted by molar-refractivity contribution is 0.509. The Labute approximate surface area is 88.9 Å². The second-order valence-corrected chi connectivity index (χ2v) is 3.59. The van der Waals surface area contributed by atoms with E-state index in [0.29, 0.717) is 12.4 Å². The van der Waals surface area contributed by atoms with Crippen LogP contribution < -0.4 is 5.73 Å². The summed E-state index contributed by atoms with van der Waals surface area (Å²) in [5, 5.41) is 0. The van der Waals surface area contributed by atoms with Gasteiger partial charge >= 0.3 is 0 Å². The van der Waals surface area contributed by atoms with Gasteiger partial charge in [0.1, 0.15) is 0 Å². The van der Waals surface area contributed by atoms with Crippen LogP contribution in [0.2, 0.25) is 0 Å². The van der Waals surface area contributed by atoms with Crippen LogP contribution in [0, 0.1) is 13.8 Å². The average molecular weight is 202 g/mol. The van der Waals surface area contributed by atoms with Crippen LogP contribution in [0.5, 0.6) is 0 Å². The van der Waals surface area contributed by atoms with Crippen molar-refractivity contribution in [1.82, 2.24) is 4.98 Å². The first-order chi connectivity index (χ1) is 7.22. The van der Waals surface area contributed by atoms with E-state index in [-0.39, 0.29) is 0 Å². The van der Waals surface area contributed by atoms with Crippen LogP contribution >= 0.6 is 0 Å². The first-order valence-corrected chi connectivity index (χ1v) is 4.93. The molecule has 0 amide bonds. The maximum atomic E-state index is 5.54. The molecule has 1 aromatic carbocycles. The molecule has 3 nitrogen and oxygen atoms in total. The summed E-state index contributed by atoms with van der Waals surface area (Å²) < 4.78 is 5.54. The van der Waals surface area contributed by atoms with Gasteiger partial charge in [0.25, 0.3) is 0 Å². The molecule has 3 heteroatoms. The molecule has 0 atom stereocenters.